The molecular weight excluding hydrogens is 512 g/mol. The maximum Gasteiger partial charge on any atom is 0.101 e. The van der Waals surface area contributed by atoms with Crippen LogP contribution in [0.3, 0.4) is 0 Å². The normalized spacial score (nSPS) is 11.3. The zero-order valence-electron chi connectivity index (χ0n) is 22.5. The number of hydrogen-bond donors (Lipinski definition) is 0. The van der Waals surface area contributed by atoms with Gasteiger partial charge in [-0.1, -0.05) is 91.0 Å². The minimum atomic E-state index is 0.356. The van der Waals surface area contributed by atoms with Crippen LogP contribution in [0.2, 0.25) is 0 Å². The Morgan fingerprint density at radius 3 is 1.31 bits per heavy atom. The first kappa shape index (κ1) is 23.8. The quantitative estimate of drug-likeness (QED) is 0.227. The summed E-state index contributed by atoms with van der Waals surface area (Å²) in [7, 11) is 0. The Bertz CT molecular complexity index is 2340. The summed E-state index contributed by atoms with van der Waals surface area (Å²) in [6.45, 7) is 0. The Labute approximate surface area is 242 Å². The van der Waals surface area contributed by atoms with Crippen molar-refractivity contribution in [3.63, 3.8) is 0 Å². The van der Waals surface area contributed by atoms with Crippen molar-refractivity contribution < 1.29 is 0 Å². The molecule has 0 N–H and O–H groups in total. The molecule has 0 unspecified atom stereocenters. The maximum atomic E-state index is 10.6. The van der Waals surface area contributed by atoms with Gasteiger partial charge in [-0.25, -0.2) is 0 Å². The predicted molar refractivity (Wildman–Crippen MR) is 170 cm³/mol. The van der Waals surface area contributed by atoms with Gasteiger partial charge in [0.05, 0.1) is 44.6 Å². The summed E-state index contributed by atoms with van der Waals surface area (Å²) in [4.78, 5) is 0. The Hall–Kier alpha value is -6.10. The fourth-order valence-electron chi connectivity index (χ4n) is 6.50. The molecule has 0 spiro atoms. The van der Waals surface area contributed by atoms with E-state index >= 15 is 0 Å². The highest BCUT2D eigenvalue weighted by Gasteiger charge is 2.23. The third kappa shape index (κ3) is 3.27. The fraction of sp³-hybridized carbons (Fsp3) is 0. The van der Waals surface area contributed by atoms with Crippen molar-refractivity contribution in [3.8, 4) is 34.6 Å². The molecule has 2 aromatic heterocycles. The smallest absolute Gasteiger partial charge is 0.101 e. The lowest BCUT2D eigenvalue weighted by Crippen LogP contribution is -2.04. The van der Waals surface area contributed by atoms with Crippen molar-refractivity contribution >= 4 is 43.6 Å². The first-order valence-electron chi connectivity index (χ1n) is 13.8. The highest BCUT2D eigenvalue weighted by molar-refractivity contribution is 6.11. The summed E-state index contributed by atoms with van der Waals surface area (Å²) in [5, 5.41) is 25.3. The molecule has 42 heavy (non-hydrogen) atoms. The summed E-state index contributed by atoms with van der Waals surface area (Å²) >= 11 is 0. The van der Waals surface area contributed by atoms with Gasteiger partial charge in [0.15, 0.2) is 0 Å². The van der Waals surface area contributed by atoms with Gasteiger partial charge in [-0.2, -0.15) is 10.5 Å². The van der Waals surface area contributed by atoms with Gasteiger partial charge in [0.25, 0.3) is 0 Å². The molecule has 0 aliphatic heterocycles. The van der Waals surface area contributed by atoms with Gasteiger partial charge in [-0.15, -0.1) is 0 Å². The van der Waals surface area contributed by atoms with E-state index in [1.54, 1.807) is 6.07 Å². The van der Waals surface area contributed by atoms with E-state index in [-0.39, 0.29) is 0 Å². The van der Waals surface area contributed by atoms with Crippen LogP contribution in [0.4, 0.5) is 0 Å². The third-order valence-corrected chi connectivity index (χ3v) is 8.23. The van der Waals surface area contributed by atoms with Gasteiger partial charge in [0.2, 0.25) is 0 Å². The molecule has 4 heteroatoms. The Morgan fingerprint density at radius 1 is 0.405 bits per heavy atom. The minimum absolute atomic E-state index is 0.356. The van der Waals surface area contributed by atoms with Crippen molar-refractivity contribution in [2.45, 2.75) is 0 Å². The van der Waals surface area contributed by atoms with Crippen LogP contribution in [0.5, 0.6) is 0 Å². The standard InChI is InChI=1S/C38H22N4/c39-23-25-21-22-37(42-34-18-8-3-13-28(34)29-14-4-9-19-35(29)42)38(31(25)24-40)30-15-5-10-20-36(30)41-32-16-6-1-11-26(32)27-12-2-7-17-33(27)41/h1-22H. The summed E-state index contributed by atoms with van der Waals surface area (Å²) < 4.78 is 4.50. The van der Waals surface area contributed by atoms with Crippen LogP contribution in [0.15, 0.2) is 133 Å². The number of hydrogen-bond acceptors (Lipinski definition) is 2. The minimum Gasteiger partial charge on any atom is -0.309 e. The van der Waals surface area contributed by atoms with Gasteiger partial charge >= 0.3 is 0 Å². The number of benzene rings is 6. The predicted octanol–water partition coefficient (Wildman–Crippen LogP) is 9.29. The number of nitrogens with zero attached hydrogens (tertiary/aromatic N) is 4. The van der Waals surface area contributed by atoms with E-state index in [0.29, 0.717) is 11.1 Å². The van der Waals surface area contributed by atoms with E-state index in [4.69, 9.17) is 0 Å². The monoisotopic (exact) mass is 534 g/mol. The molecular formula is C38H22N4. The molecule has 6 aromatic carbocycles. The summed E-state index contributed by atoms with van der Waals surface area (Å²) in [6, 6.07) is 50.1. The topological polar surface area (TPSA) is 57.4 Å². The molecule has 0 atom stereocenters. The molecule has 0 aliphatic rings. The second-order valence-electron chi connectivity index (χ2n) is 10.4. The second-order valence-corrected chi connectivity index (χ2v) is 10.4. The maximum absolute atomic E-state index is 10.6. The average molecular weight is 535 g/mol. The number of nitriles is 2. The lowest BCUT2D eigenvalue weighted by molar-refractivity contribution is 1.16. The Kier molecular flexibility index (Phi) is 5.22. The Balaban J connectivity index is 1.55. The molecule has 0 fully saturated rings. The van der Waals surface area contributed by atoms with Crippen molar-refractivity contribution in [2.75, 3.05) is 0 Å². The molecule has 2 heterocycles. The second kappa shape index (κ2) is 9.24. The Morgan fingerprint density at radius 2 is 0.833 bits per heavy atom. The van der Waals surface area contributed by atoms with E-state index in [1.165, 1.54) is 0 Å². The molecule has 194 valence electrons. The molecule has 0 amide bonds. The van der Waals surface area contributed by atoms with Crippen LogP contribution < -0.4 is 0 Å². The number of fused-ring (bicyclic) bond motifs is 6. The van der Waals surface area contributed by atoms with E-state index in [0.717, 1.165) is 66.1 Å². The van der Waals surface area contributed by atoms with Gasteiger partial charge in [-0.3, -0.25) is 0 Å². The molecule has 0 aliphatic carbocycles. The van der Waals surface area contributed by atoms with Crippen LogP contribution in [0.25, 0.3) is 66.1 Å². The van der Waals surface area contributed by atoms with E-state index < -0.39 is 0 Å². The van der Waals surface area contributed by atoms with Crippen molar-refractivity contribution in [1.29, 1.82) is 10.5 Å². The molecule has 4 nitrogen and oxygen atoms in total. The summed E-state index contributed by atoms with van der Waals surface area (Å²) in [5.41, 5.74) is 8.40. The number of aromatic nitrogens is 2. The number of para-hydroxylation sites is 5. The van der Waals surface area contributed by atoms with Gasteiger partial charge in [0, 0.05) is 32.7 Å². The van der Waals surface area contributed by atoms with E-state index in [2.05, 4.69) is 118 Å². The molecule has 0 saturated heterocycles. The fourth-order valence-corrected chi connectivity index (χ4v) is 6.50. The van der Waals surface area contributed by atoms with Gasteiger partial charge in [-0.05, 0) is 42.5 Å². The largest absolute Gasteiger partial charge is 0.309 e. The molecule has 8 rings (SSSR count). The molecule has 0 bridgehead atoms. The van der Waals surface area contributed by atoms with Crippen molar-refractivity contribution in [2.24, 2.45) is 0 Å². The van der Waals surface area contributed by atoms with Crippen molar-refractivity contribution in [3.05, 3.63) is 145 Å². The lowest BCUT2D eigenvalue weighted by atomic mass is 9.93. The van der Waals surface area contributed by atoms with Crippen LogP contribution in [0.1, 0.15) is 11.1 Å². The lowest BCUT2D eigenvalue weighted by Gasteiger charge is -2.20. The molecule has 0 radical (unpaired) electrons. The van der Waals surface area contributed by atoms with Crippen LogP contribution in [0, 0.1) is 22.7 Å². The first-order chi connectivity index (χ1) is 20.8. The van der Waals surface area contributed by atoms with Crippen LogP contribution in [-0.2, 0) is 0 Å². The number of rotatable bonds is 3. The van der Waals surface area contributed by atoms with Crippen LogP contribution in [-0.4, -0.2) is 9.13 Å². The van der Waals surface area contributed by atoms with E-state index in [9.17, 15) is 10.5 Å². The third-order valence-electron chi connectivity index (χ3n) is 8.23. The zero-order valence-corrected chi connectivity index (χ0v) is 22.5. The van der Waals surface area contributed by atoms with Crippen LogP contribution >= 0.6 is 0 Å². The highest BCUT2D eigenvalue weighted by atomic mass is 15.0. The summed E-state index contributed by atoms with van der Waals surface area (Å²) in [6.07, 6.45) is 0. The molecule has 8 aromatic rings. The van der Waals surface area contributed by atoms with Crippen molar-refractivity contribution in [1.82, 2.24) is 9.13 Å². The average Bonchev–Trinajstić information content (AvgIpc) is 3.57. The SMILES string of the molecule is N#Cc1ccc(-n2c3ccccc3c3ccccc32)c(-c2ccccc2-n2c3ccccc3c3ccccc32)c1C#N. The van der Waals surface area contributed by atoms with Gasteiger partial charge in [0.1, 0.15) is 12.1 Å². The van der Waals surface area contributed by atoms with E-state index in [1.807, 2.05) is 30.3 Å². The molecule has 0 saturated carbocycles. The van der Waals surface area contributed by atoms with Gasteiger partial charge < -0.3 is 9.13 Å². The highest BCUT2D eigenvalue weighted by Crippen LogP contribution is 2.42. The zero-order chi connectivity index (χ0) is 28.2. The first-order valence-corrected chi connectivity index (χ1v) is 13.8. The summed E-state index contributed by atoms with van der Waals surface area (Å²) in [5.74, 6) is 0.